The number of thioether (sulfide) groups is 1. The van der Waals surface area contributed by atoms with Gasteiger partial charge in [0.05, 0.1) is 39.0 Å². The lowest BCUT2D eigenvalue weighted by atomic mass is 10.2. The average molecular weight is 555 g/mol. The van der Waals surface area contributed by atoms with E-state index in [0.29, 0.717) is 15.8 Å². The average Bonchev–Trinajstić information content (AvgIpc) is 3.32. The minimum Gasteiger partial charge on any atom is -0.497 e. The normalized spacial score (nSPS) is 11.0. The number of carbonyl (C=O) groups is 1. The number of aromatic nitrogens is 2. The molecular weight excluding hydrogens is 528 g/mol. The Bertz CT molecular complexity index is 1310. The first-order valence-electron chi connectivity index (χ1n) is 10.5. The van der Waals surface area contributed by atoms with Crippen molar-refractivity contribution in [3.05, 3.63) is 36.4 Å². The van der Waals surface area contributed by atoms with E-state index in [1.807, 2.05) is 6.92 Å². The number of methoxy groups -OCH3 is 4. The highest BCUT2D eigenvalue weighted by molar-refractivity contribution is 8.01. The number of amides is 1. The highest BCUT2D eigenvalue weighted by Crippen LogP contribution is 2.37. The van der Waals surface area contributed by atoms with E-state index in [4.69, 9.17) is 18.9 Å². The summed E-state index contributed by atoms with van der Waals surface area (Å²) in [7, 11) is 1.41. The first-order valence-corrected chi connectivity index (χ1v) is 13.7. The summed E-state index contributed by atoms with van der Waals surface area (Å²) in [6.45, 7) is 1.40. The van der Waals surface area contributed by atoms with Crippen LogP contribution in [-0.2, 0) is 14.8 Å². The summed E-state index contributed by atoms with van der Waals surface area (Å²) >= 11 is 2.69. The van der Waals surface area contributed by atoms with E-state index < -0.39 is 22.5 Å². The van der Waals surface area contributed by atoms with Crippen molar-refractivity contribution in [1.82, 2.24) is 10.2 Å². The molecule has 3 rings (SSSR count). The Balaban J connectivity index is 2.05. The van der Waals surface area contributed by atoms with Crippen molar-refractivity contribution < 1.29 is 32.2 Å². The molecule has 0 radical (unpaired) electrons. The second-order valence-corrected chi connectivity index (χ2v) is 11.3. The molecule has 1 amide bonds. The van der Waals surface area contributed by atoms with Crippen LogP contribution in [-0.4, -0.2) is 65.3 Å². The van der Waals surface area contributed by atoms with Crippen molar-refractivity contribution >= 4 is 49.8 Å². The Morgan fingerprint density at radius 1 is 0.972 bits per heavy atom. The van der Waals surface area contributed by atoms with Crippen LogP contribution in [0.25, 0.3) is 0 Å². The summed E-state index contributed by atoms with van der Waals surface area (Å²) in [4.78, 5) is 12.9. The monoisotopic (exact) mass is 554 g/mol. The molecule has 0 aliphatic carbocycles. The smallest absolute Gasteiger partial charge is 0.265 e. The molecule has 2 aromatic carbocycles. The Labute approximate surface area is 217 Å². The minimum absolute atomic E-state index is 0.112. The van der Waals surface area contributed by atoms with Gasteiger partial charge in [0.2, 0.25) is 11.0 Å². The Kier molecular flexibility index (Phi) is 9.23. The fraction of sp³-hybridized carbons (Fsp3) is 0.318. The molecule has 0 spiro atoms. The summed E-state index contributed by atoms with van der Waals surface area (Å²) < 4.78 is 50.6. The van der Waals surface area contributed by atoms with Crippen LogP contribution in [0.15, 0.2) is 45.6 Å². The van der Waals surface area contributed by atoms with Gasteiger partial charge in [-0.1, -0.05) is 30.0 Å². The molecule has 0 aliphatic heterocycles. The van der Waals surface area contributed by atoms with E-state index in [1.165, 1.54) is 75.8 Å². The van der Waals surface area contributed by atoms with E-state index in [-0.39, 0.29) is 27.2 Å². The van der Waals surface area contributed by atoms with Crippen molar-refractivity contribution in [3.63, 3.8) is 0 Å². The molecule has 0 bridgehead atoms. The zero-order valence-electron chi connectivity index (χ0n) is 20.3. The Hall–Kier alpha value is -3.23. The van der Waals surface area contributed by atoms with Crippen LogP contribution in [0.4, 0.5) is 10.8 Å². The van der Waals surface area contributed by atoms with E-state index >= 15 is 0 Å². The summed E-state index contributed by atoms with van der Waals surface area (Å²) in [5.74, 6) is 1.37. The van der Waals surface area contributed by atoms with E-state index in [0.717, 1.165) is 10.1 Å². The van der Waals surface area contributed by atoms with Gasteiger partial charge in [-0.2, -0.15) is 0 Å². The summed E-state index contributed by atoms with van der Waals surface area (Å²) in [6, 6.07) is 8.82. The quantitative estimate of drug-likeness (QED) is 0.262. The maximum Gasteiger partial charge on any atom is 0.265 e. The van der Waals surface area contributed by atoms with Crippen molar-refractivity contribution in [2.75, 3.05) is 50.4 Å². The topological polar surface area (TPSA) is 129 Å². The second kappa shape index (κ2) is 12.1. The molecule has 11 nitrogen and oxygen atoms in total. The molecule has 1 heterocycles. The van der Waals surface area contributed by atoms with Gasteiger partial charge in [-0.15, -0.1) is 10.2 Å². The Morgan fingerprint density at radius 3 is 2.31 bits per heavy atom. The van der Waals surface area contributed by atoms with Gasteiger partial charge in [-0.3, -0.25) is 14.4 Å². The number of carbonyl (C=O) groups excluding carboxylic acids is 1. The van der Waals surface area contributed by atoms with Gasteiger partial charge in [-0.05, 0) is 30.0 Å². The van der Waals surface area contributed by atoms with Gasteiger partial charge in [0.25, 0.3) is 10.0 Å². The number of sulfonamides is 1. The number of nitrogens with zero attached hydrogens (tertiary/aromatic N) is 3. The van der Waals surface area contributed by atoms with E-state index in [2.05, 4.69) is 15.5 Å². The fourth-order valence-electron chi connectivity index (χ4n) is 3.13. The second-order valence-electron chi connectivity index (χ2n) is 6.92. The van der Waals surface area contributed by atoms with Gasteiger partial charge in [-0.25, -0.2) is 8.42 Å². The number of nitrogens with one attached hydrogen (secondary N) is 1. The minimum atomic E-state index is -4.30. The maximum atomic E-state index is 13.9. The van der Waals surface area contributed by atoms with Gasteiger partial charge >= 0.3 is 0 Å². The van der Waals surface area contributed by atoms with E-state index in [9.17, 15) is 13.2 Å². The molecule has 0 aliphatic rings. The zero-order valence-corrected chi connectivity index (χ0v) is 22.8. The summed E-state index contributed by atoms with van der Waals surface area (Å²) in [5.41, 5.74) is 0.112. The molecule has 194 valence electrons. The van der Waals surface area contributed by atoms with E-state index in [1.54, 1.807) is 12.1 Å². The van der Waals surface area contributed by atoms with Gasteiger partial charge in [0, 0.05) is 12.1 Å². The van der Waals surface area contributed by atoms with Crippen molar-refractivity contribution in [2.45, 2.75) is 16.2 Å². The standard InChI is InChI=1S/C22H26N4O7S3/c1-6-34-22-25-24-21(35-22)23-20(27)13-26(16-11-14(30-2)7-9-17(16)31-3)36(28,29)15-8-10-18(32-4)19(12-15)33-5/h7-12H,6,13H2,1-5H3,(H,23,24,27). The van der Waals surface area contributed by atoms with Crippen LogP contribution in [0, 0.1) is 0 Å². The fourth-order valence-corrected chi connectivity index (χ4v) is 6.23. The number of hydrogen-bond acceptors (Lipinski definition) is 11. The molecule has 0 fully saturated rings. The highest BCUT2D eigenvalue weighted by atomic mass is 32.2. The molecule has 0 atom stereocenters. The summed E-state index contributed by atoms with van der Waals surface area (Å²) in [5, 5.41) is 10.8. The first-order chi connectivity index (χ1) is 17.3. The number of anilines is 2. The van der Waals surface area contributed by atoms with Gasteiger partial charge in [0.1, 0.15) is 18.0 Å². The number of benzene rings is 2. The van der Waals surface area contributed by atoms with Crippen molar-refractivity contribution in [1.29, 1.82) is 0 Å². The van der Waals surface area contributed by atoms with Gasteiger partial charge < -0.3 is 18.9 Å². The molecule has 0 unspecified atom stereocenters. The van der Waals surface area contributed by atoms with Gasteiger partial charge in [0.15, 0.2) is 15.8 Å². The predicted octanol–water partition coefficient (Wildman–Crippen LogP) is 3.52. The first kappa shape index (κ1) is 27.4. The number of rotatable bonds is 12. The van der Waals surface area contributed by atoms with Crippen LogP contribution >= 0.6 is 23.1 Å². The van der Waals surface area contributed by atoms with Crippen LogP contribution < -0.4 is 28.6 Å². The molecular formula is C22H26N4O7S3. The molecule has 0 saturated carbocycles. The highest BCUT2D eigenvalue weighted by Gasteiger charge is 2.31. The maximum absolute atomic E-state index is 13.9. The predicted molar refractivity (Wildman–Crippen MR) is 139 cm³/mol. The van der Waals surface area contributed by atoms with Crippen molar-refractivity contribution in [3.8, 4) is 23.0 Å². The van der Waals surface area contributed by atoms with Crippen molar-refractivity contribution in [2.24, 2.45) is 0 Å². The Morgan fingerprint density at radius 2 is 1.67 bits per heavy atom. The van der Waals surface area contributed by atoms with Crippen LogP contribution in [0.2, 0.25) is 0 Å². The third kappa shape index (κ3) is 6.12. The SMILES string of the molecule is CCSc1nnc(NC(=O)CN(c2cc(OC)ccc2OC)S(=O)(=O)c2ccc(OC)c(OC)c2)s1. The zero-order chi connectivity index (χ0) is 26.3. The van der Waals surface area contributed by atoms with Crippen LogP contribution in [0.3, 0.4) is 0 Å². The molecule has 3 aromatic rings. The molecule has 36 heavy (non-hydrogen) atoms. The molecule has 1 N–H and O–H groups in total. The number of hydrogen-bond donors (Lipinski definition) is 1. The largest absolute Gasteiger partial charge is 0.497 e. The molecule has 0 saturated heterocycles. The summed E-state index contributed by atoms with van der Waals surface area (Å²) in [6.07, 6.45) is 0. The third-order valence-electron chi connectivity index (χ3n) is 4.81. The third-order valence-corrected chi connectivity index (χ3v) is 8.42. The molecule has 14 heteroatoms. The van der Waals surface area contributed by atoms with Crippen LogP contribution in [0.1, 0.15) is 6.92 Å². The lowest BCUT2D eigenvalue weighted by Crippen LogP contribution is -2.38. The van der Waals surface area contributed by atoms with Crippen LogP contribution in [0.5, 0.6) is 23.0 Å². The lowest BCUT2D eigenvalue weighted by Gasteiger charge is -2.26. The lowest BCUT2D eigenvalue weighted by molar-refractivity contribution is -0.114. The number of ether oxygens (including phenoxy) is 4. The molecule has 1 aromatic heterocycles.